The fourth-order valence-corrected chi connectivity index (χ4v) is 2.99. The Balaban J connectivity index is 1.70. The van der Waals surface area contributed by atoms with Gasteiger partial charge in [-0.15, -0.1) is 0 Å². The van der Waals surface area contributed by atoms with Crippen LogP contribution in [0.3, 0.4) is 0 Å². The van der Waals surface area contributed by atoms with E-state index in [1.807, 2.05) is 4.90 Å². The first-order valence-corrected chi connectivity index (χ1v) is 7.48. The highest BCUT2D eigenvalue weighted by molar-refractivity contribution is 5.22. The van der Waals surface area contributed by atoms with Crippen LogP contribution in [-0.2, 0) is 12.1 Å². The number of halogens is 3. The lowest BCUT2D eigenvalue weighted by Gasteiger charge is -2.38. The van der Waals surface area contributed by atoms with E-state index in [9.17, 15) is 18.3 Å². The van der Waals surface area contributed by atoms with Gasteiger partial charge in [-0.3, -0.25) is 4.90 Å². The molecule has 1 aliphatic heterocycles. The van der Waals surface area contributed by atoms with Crippen molar-refractivity contribution in [1.29, 1.82) is 0 Å². The molecule has 3 rings (SSSR count). The molecule has 2 heterocycles. The lowest BCUT2D eigenvalue weighted by molar-refractivity contribution is -0.0311. The monoisotopic (exact) mass is 322 g/mol. The summed E-state index contributed by atoms with van der Waals surface area (Å²) in [6.45, 7) is 0.960. The van der Waals surface area contributed by atoms with Crippen LogP contribution in [0.2, 0.25) is 0 Å². The summed E-state index contributed by atoms with van der Waals surface area (Å²) < 4.78 is 41.2. The minimum atomic E-state index is -1.29. The number of nitrogens with zero attached hydrogens (tertiary/aromatic N) is 2. The number of benzene rings is 1. The molecular formula is C17H17F3N2O. The summed E-state index contributed by atoms with van der Waals surface area (Å²) in [5.41, 5.74) is -1.09. The first-order chi connectivity index (χ1) is 11.0. The summed E-state index contributed by atoms with van der Waals surface area (Å²) in [6, 6.07) is 6.88. The van der Waals surface area contributed by atoms with Gasteiger partial charge in [0.15, 0.2) is 0 Å². The normalized spacial score (nSPS) is 18.1. The van der Waals surface area contributed by atoms with Crippen molar-refractivity contribution in [2.75, 3.05) is 13.1 Å². The van der Waals surface area contributed by atoms with Gasteiger partial charge in [-0.25, -0.2) is 13.8 Å². The number of piperidine rings is 1. The van der Waals surface area contributed by atoms with Crippen LogP contribution in [0, 0.1) is 17.6 Å². The molecule has 0 bridgehead atoms. The maximum atomic E-state index is 13.8. The summed E-state index contributed by atoms with van der Waals surface area (Å²) in [7, 11) is 0. The summed E-state index contributed by atoms with van der Waals surface area (Å²) in [4.78, 5) is 5.42. The Morgan fingerprint density at radius 1 is 1.04 bits per heavy atom. The van der Waals surface area contributed by atoms with E-state index >= 15 is 0 Å². The summed E-state index contributed by atoms with van der Waals surface area (Å²) in [5.74, 6) is -1.84. The van der Waals surface area contributed by atoms with Gasteiger partial charge in [-0.1, -0.05) is 12.1 Å². The van der Waals surface area contributed by atoms with E-state index in [0.29, 0.717) is 13.1 Å². The lowest BCUT2D eigenvalue weighted by Crippen LogP contribution is -2.43. The number of likely N-dealkylation sites (tertiary alicyclic amines) is 1. The number of pyridine rings is 1. The molecule has 0 saturated carbocycles. The molecule has 23 heavy (non-hydrogen) atoms. The third-order valence-corrected chi connectivity index (χ3v) is 4.39. The molecule has 3 nitrogen and oxygen atoms in total. The van der Waals surface area contributed by atoms with Gasteiger partial charge in [0.25, 0.3) is 0 Å². The van der Waals surface area contributed by atoms with E-state index in [1.54, 1.807) is 6.07 Å². The summed E-state index contributed by atoms with van der Waals surface area (Å²) in [5, 5.41) is 10.7. The predicted octanol–water partition coefficient (Wildman–Crippen LogP) is 2.98. The van der Waals surface area contributed by atoms with E-state index in [2.05, 4.69) is 4.98 Å². The van der Waals surface area contributed by atoms with Gasteiger partial charge in [-0.2, -0.15) is 4.39 Å². The molecule has 0 radical (unpaired) electrons. The second-order valence-corrected chi connectivity index (χ2v) is 5.85. The molecule has 6 heteroatoms. The van der Waals surface area contributed by atoms with Gasteiger partial charge < -0.3 is 5.11 Å². The quantitative estimate of drug-likeness (QED) is 0.883. The zero-order valence-corrected chi connectivity index (χ0v) is 12.5. The second kappa shape index (κ2) is 6.29. The van der Waals surface area contributed by atoms with Gasteiger partial charge in [-0.05, 0) is 31.0 Å². The van der Waals surface area contributed by atoms with Gasteiger partial charge in [0.05, 0.1) is 5.60 Å². The maximum absolute atomic E-state index is 13.8. The molecule has 0 unspecified atom stereocenters. The Morgan fingerprint density at radius 2 is 1.70 bits per heavy atom. The van der Waals surface area contributed by atoms with Crippen LogP contribution in [0.25, 0.3) is 0 Å². The third-order valence-electron chi connectivity index (χ3n) is 4.39. The van der Waals surface area contributed by atoms with Gasteiger partial charge in [0.1, 0.15) is 11.6 Å². The molecule has 0 aliphatic carbocycles. The fraction of sp³-hybridized carbons (Fsp3) is 0.353. The number of aromatic nitrogens is 1. The van der Waals surface area contributed by atoms with E-state index < -0.39 is 23.2 Å². The summed E-state index contributed by atoms with van der Waals surface area (Å²) >= 11 is 0. The molecule has 0 amide bonds. The topological polar surface area (TPSA) is 36.4 Å². The number of hydrogen-bond acceptors (Lipinski definition) is 3. The molecule has 1 aromatic heterocycles. The van der Waals surface area contributed by atoms with Crippen molar-refractivity contribution in [3.05, 3.63) is 65.2 Å². The van der Waals surface area contributed by atoms with Crippen LogP contribution in [0.4, 0.5) is 13.2 Å². The SMILES string of the molecule is OC1(c2cccnc2F)CCN(Cc2c(F)cccc2F)CC1. The molecule has 0 spiro atoms. The Hall–Kier alpha value is -1.92. The minimum absolute atomic E-state index is 0.0190. The van der Waals surface area contributed by atoms with Crippen LogP contribution in [0.1, 0.15) is 24.0 Å². The van der Waals surface area contributed by atoms with E-state index in [-0.39, 0.29) is 30.5 Å². The number of hydrogen-bond donors (Lipinski definition) is 1. The first kappa shape index (κ1) is 16.0. The molecule has 2 aromatic rings. The van der Waals surface area contributed by atoms with E-state index in [1.165, 1.54) is 30.5 Å². The first-order valence-electron chi connectivity index (χ1n) is 7.48. The fourth-order valence-electron chi connectivity index (χ4n) is 2.99. The molecule has 1 saturated heterocycles. The van der Waals surface area contributed by atoms with Crippen LogP contribution in [0.15, 0.2) is 36.5 Å². The van der Waals surface area contributed by atoms with Crippen LogP contribution in [-0.4, -0.2) is 28.1 Å². The third kappa shape index (κ3) is 3.23. The van der Waals surface area contributed by atoms with Crippen LogP contribution >= 0.6 is 0 Å². The number of rotatable bonds is 3. The minimum Gasteiger partial charge on any atom is -0.385 e. The maximum Gasteiger partial charge on any atom is 0.218 e. The average molecular weight is 322 g/mol. The average Bonchev–Trinajstić information content (AvgIpc) is 2.53. The Labute approximate surface area is 132 Å². The van der Waals surface area contributed by atoms with Gasteiger partial charge in [0.2, 0.25) is 5.95 Å². The molecular weight excluding hydrogens is 305 g/mol. The highest BCUT2D eigenvalue weighted by Gasteiger charge is 2.36. The van der Waals surface area contributed by atoms with E-state index in [4.69, 9.17) is 0 Å². The van der Waals surface area contributed by atoms with Crippen LogP contribution < -0.4 is 0 Å². The van der Waals surface area contributed by atoms with Crippen molar-refractivity contribution in [2.45, 2.75) is 25.0 Å². The van der Waals surface area contributed by atoms with E-state index in [0.717, 1.165) is 0 Å². The van der Waals surface area contributed by atoms with Gasteiger partial charge >= 0.3 is 0 Å². The largest absolute Gasteiger partial charge is 0.385 e. The van der Waals surface area contributed by atoms with Crippen molar-refractivity contribution in [3.8, 4) is 0 Å². The standard InChI is InChI=1S/C17H17F3N2O/c18-14-4-1-5-15(19)12(14)11-22-9-6-17(23,7-10-22)13-3-2-8-21-16(13)20/h1-5,8,23H,6-7,9-11H2. The Kier molecular flexibility index (Phi) is 4.37. The predicted molar refractivity (Wildman–Crippen MR) is 79.0 cm³/mol. The van der Waals surface area contributed by atoms with Crippen molar-refractivity contribution >= 4 is 0 Å². The Bertz CT molecular complexity index is 680. The highest BCUT2D eigenvalue weighted by Crippen LogP contribution is 2.34. The Morgan fingerprint density at radius 3 is 2.30 bits per heavy atom. The van der Waals surface area contributed by atoms with Crippen molar-refractivity contribution in [2.24, 2.45) is 0 Å². The molecule has 122 valence electrons. The molecule has 1 N–H and O–H groups in total. The van der Waals surface area contributed by atoms with Crippen molar-refractivity contribution < 1.29 is 18.3 Å². The van der Waals surface area contributed by atoms with Gasteiger partial charge in [0, 0.05) is 37.0 Å². The second-order valence-electron chi connectivity index (χ2n) is 5.85. The highest BCUT2D eigenvalue weighted by atomic mass is 19.1. The zero-order valence-electron chi connectivity index (χ0n) is 12.5. The van der Waals surface area contributed by atoms with Crippen LogP contribution in [0.5, 0.6) is 0 Å². The molecule has 1 aromatic carbocycles. The van der Waals surface area contributed by atoms with Crippen molar-refractivity contribution in [3.63, 3.8) is 0 Å². The smallest absolute Gasteiger partial charge is 0.218 e. The molecule has 1 aliphatic rings. The molecule has 0 atom stereocenters. The summed E-state index contributed by atoms with van der Waals surface area (Å²) in [6.07, 6.45) is 1.90. The molecule has 1 fully saturated rings. The number of aliphatic hydroxyl groups is 1. The lowest BCUT2D eigenvalue weighted by atomic mass is 9.85. The zero-order chi connectivity index (χ0) is 16.4. The van der Waals surface area contributed by atoms with Crippen molar-refractivity contribution in [1.82, 2.24) is 9.88 Å².